The Morgan fingerprint density at radius 1 is 1.47 bits per heavy atom. The summed E-state index contributed by atoms with van der Waals surface area (Å²) in [6.07, 6.45) is 1.96. The van der Waals surface area contributed by atoms with Gasteiger partial charge in [-0.1, -0.05) is 6.07 Å². The summed E-state index contributed by atoms with van der Waals surface area (Å²) in [7, 11) is 3.55. The first-order valence-corrected chi connectivity index (χ1v) is 5.74. The van der Waals surface area contributed by atoms with E-state index < -0.39 is 12.0 Å². The molecule has 0 aromatic heterocycles. The number of rotatable bonds is 3. The van der Waals surface area contributed by atoms with Gasteiger partial charge in [-0.25, -0.2) is 0 Å². The number of hydrogen-bond acceptors (Lipinski definition) is 3. The van der Waals surface area contributed by atoms with Gasteiger partial charge in [-0.3, -0.25) is 9.69 Å². The lowest BCUT2D eigenvalue weighted by Crippen LogP contribution is -2.27. The molecular weight excluding hydrogens is 218 g/mol. The van der Waals surface area contributed by atoms with E-state index in [9.17, 15) is 9.90 Å². The van der Waals surface area contributed by atoms with E-state index in [1.165, 1.54) is 0 Å². The van der Waals surface area contributed by atoms with E-state index in [2.05, 4.69) is 0 Å². The van der Waals surface area contributed by atoms with Gasteiger partial charge in [0.1, 0.15) is 11.8 Å². The molecule has 1 aromatic carbocycles. The molecule has 0 radical (unpaired) electrons. The number of carboxylic acid groups (broad SMARTS) is 1. The zero-order chi connectivity index (χ0) is 12.4. The van der Waals surface area contributed by atoms with Gasteiger partial charge in [0.15, 0.2) is 0 Å². The molecule has 1 aromatic rings. The van der Waals surface area contributed by atoms with Crippen LogP contribution in [-0.2, 0) is 11.2 Å². The van der Waals surface area contributed by atoms with Crippen LogP contribution in [0.15, 0.2) is 18.2 Å². The fourth-order valence-corrected chi connectivity index (χ4v) is 2.21. The van der Waals surface area contributed by atoms with Gasteiger partial charge in [0.25, 0.3) is 0 Å². The first-order valence-electron chi connectivity index (χ1n) is 5.74. The molecule has 1 unspecified atom stereocenters. The number of benzene rings is 1. The van der Waals surface area contributed by atoms with Gasteiger partial charge in [0.2, 0.25) is 0 Å². The fraction of sp³-hybridized carbons (Fsp3) is 0.462. The highest BCUT2D eigenvalue weighted by molar-refractivity contribution is 5.75. The Balaban J connectivity index is 2.35. The average Bonchev–Trinajstić information content (AvgIpc) is 2.28. The smallest absolute Gasteiger partial charge is 0.325 e. The summed E-state index contributed by atoms with van der Waals surface area (Å²) < 4.78 is 5.52. The number of aryl methyl sites for hydroxylation is 1. The Morgan fingerprint density at radius 3 is 2.88 bits per heavy atom. The highest BCUT2D eigenvalue weighted by Crippen LogP contribution is 2.29. The third-order valence-corrected chi connectivity index (χ3v) is 3.00. The summed E-state index contributed by atoms with van der Waals surface area (Å²) in [5.74, 6) is 0.0644. The summed E-state index contributed by atoms with van der Waals surface area (Å²) in [5.41, 5.74) is 1.92. The Bertz CT molecular complexity index is 429. The Labute approximate surface area is 101 Å². The highest BCUT2D eigenvalue weighted by Gasteiger charge is 2.23. The standard InChI is InChI=1S/C13H17NO3/c1-14(2)12(13(15)16)10-5-6-11-9(8-10)4-3-7-17-11/h5-6,8,12H,3-4,7H2,1-2H3,(H,15,16). The minimum Gasteiger partial charge on any atom is -0.493 e. The van der Waals surface area contributed by atoms with Crippen molar-refractivity contribution >= 4 is 5.97 Å². The van der Waals surface area contributed by atoms with Gasteiger partial charge in [-0.05, 0) is 50.2 Å². The molecule has 4 nitrogen and oxygen atoms in total. The van der Waals surface area contributed by atoms with Crippen molar-refractivity contribution in [2.75, 3.05) is 20.7 Å². The summed E-state index contributed by atoms with van der Waals surface area (Å²) in [5, 5.41) is 9.23. The lowest BCUT2D eigenvalue weighted by Gasteiger charge is -2.23. The van der Waals surface area contributed by atoms with Crippen LogP contribution >= 0.6 is 0 Å². The van der Waals surface area contributed by atoms with E-state index in [-0.39, 0.29) is 0 Å². The van der Waals surface area contributed by atoms with Crippen molar-refractivity contribution in [3.8, 4) is 5.75 Å². The van der Waals surface area contributed by atoms with E-state index in [0.29, 0.717) is 0 Å². The Hall–Kier alpha value is -1.55. The lowest BCUT2D eigenvalue weighted by atomic mass is 9.99. The first-order chi connectivity index (χ1) is 8.09. The number of nitrogens with zero attached hydrogens (tertiary/aromatic N) is 1. The van der Waals surface area contributed by atoms with E-state index in [1.807, 2.05) is 18.2 Å². The molecule has 0 fully saturated rings. The van der Waals surface area contributed by atoms with Gasteiger partial charge in [0.05, 0.1) is 6.61 Å². The topological polar surface area (TPSA) is 49.8 Å². The molecule has 0 bridgehead atoms. The molecule has 4 heteroatoms. The number of ether oxygens (including phenoxy) is 1. The lowest BCUT2D eigenvalue weighted by molar-refractivity contribution is -0.142. The molecule has 1 aliphatic rings. The van der Waals surface area contributed by atoms with Crippen molar-refractivity contribution in [1.82, 2.24) is 4.90 Å². The van der Waals surface area contributed by atoms with E-state index in [4.69, 9.17) is 4.74 Å². The number of aliphatic carboxylic acids is 1. The van der Waals surface area contributed by atoms with Crippen LogP contribution in [0, 0.1) is 0 Å². The molecule has 0 saturated heterocycles. The number of carbonyl (C=O) groups is 1. The van der Waals surface area contributed by atoms with Gasteiger partial charge >= 0.3 is 5.97 Å². The molecule has 17 heavy (non-hydrogen) atoms. The normalized spacial score (nSPS) is 16.2. The van der Waals surface area contributed by atoms with Crippen LogP contribution in [0.25, 0.3) is 0 Å². The molecule has 1 N–H and O–H groups in total. The minimum absolute atomic E-state index is 0.595. The maximum atomic E-state index is 11.2. The third-order valence-electron chi connectivity index (χ3n) is 3.00. The van der Waals surface area contributed by atoms with E-state index >= 15 is 0 Å². The van der Waals surface area contributed by atoms with Crippen LogP contribution < -0.4 is 4.74 Å². The second-order valence-electron chi connectivity index (χ2n) is 4.52. The molecule has 92 valence electrons. The molecule has 0 spiro atoms. The quantitative estimate of drug-likeness (QED) is 0.866. The average molecular weight is 235 g/mol. The minimum atomic E-state index is -0.827. The van der Waals surface area contributed by atoms with Crippen molar-refractivity contribution in [1.29, 1.82) is 0 Å². The Kier molecular flexibility index (Phi) is 3.33. The monoisotopic (exact) mass is 235 g/mol. The molecule has 0 saturated carbocycles. The molecule has 0 amide bonds. The second-order valence-corrected chi connectivity index (χ2v) is 4.52. The predicted molar refractivity (Wildman–Crippen MR) is 64.3 cm³/mol. The van der Waals surface area contributed by atoms with Crippen molar-refractivity contribution in [2.24, 2.45) is 0 Å². The predicted octanol–water partition coefficient (Wildman–Crippen LogP) is 1.70. The maximum Gasteiger partial charge on any atom is 0.325 e. The molecule has 2 rings (SSSR count). The molecule has 1 heterocycles. The van der Waals surface area contributed by atoms with Crippen LogP contribution in [0.5, 0.6) is 5.75 Å². The zero-order valence-electron chi connectivity index (χ0n) is 10.1. The largest absolute Gasteiger partial charge is 0.493 e. The third kappa shape index (κ3) is 2.42. The number of carboxylic acids is 1. The summed E-state index contributed by atoms with van der Waals surface area (Å²) in [6.45, 7) is 0.752. The molecule has 1 atom stereocenters. The maximum absolute atomic E-state index is 11.2. The first kappa shape index (κ1) is 11.9. The van der Waals surface area contributed by atoms with E-state index in [0.717, 1.165) is 36.3 Å². The molecule has 1 aliphatic heterocycles. The van der Waals surface area contributed by atoms with Crippen LogP contribution in [0.2, 0.25) is 0 Å². The van der Waals surface area contributed by atoms with Crippen LogP contribution in [0.4, 0.5) is 0 Å². The molecular formula is C13H17NO3. The Morgan fingerprint density at radius 2 is 2.24 bits per heavy atom. The number of fused-ring (bicyclic) bond motifs is 1. The highest BCUT2D eigenvalue weighted by atomic mass is 16.5. The van der Waals surface area contributed by atoms with Crippen molar-refractivity contribution in [3.63, 3.8) is 0 Å². The molecule has 0 aliphatic carbocycles. The fourth-order valence-electron chi connectivity index (χ4n) is 2.21. The van der Waals surface area contributed by atoms with Crippen LogP contribution in [0.1, 0.15) is 23.6 Å². The van der Waals surface area contributed by atoms with Crippen molar-refractivity contribution < 1.29 is 14.6 Å². The number of hydrogen-bond donors (Lipinski definition) is 1. The van der Waals surface area contributed by atoms with Gasteiger partial charge in [-0.2, -0.15) is 0 Å². The summed E-state index contributed by atoms with van der Waals surface area (Å²) in [6, 6.07) is 5.07. The van der Waals surface area contributed by atoms with E-state index in [1.54, 1.807) is 19.0 Å². The van der Waals surface area contributed by atoms with Crippen LogP contribution in [0.3, 0.4) is 0 Å². The summed E-state index contributed by atoms with van der Waals surface area (Å²) >= 11 is 0. The SMILES string of the molecule is CN(C)C(C(=O)O)c1ccc2c(c1)CCCO2. The van der Waals surface area contributed by atoms with Crippen molar-refractivity contribution in [3.05, 3.63) is 29.3 Å². The van der Waals surface area contributed by atoms with Gasteiger partial charge in [-0.15, -0.1) is 0 Å². The van der Waals surface area contributed by atoms with Gasteiger partial charge in [0, 0.05) is 0 Å². The second kappa shape index (κ2) is 4.75. The van der Waals surface area contributed by atoms with Gasteiger partial charge < -0.3 is 9.84 Å². The summed E-state index contributed by atoms with van der Waals surface area (Å²) in [4.78, 5) is 12.9. The zero-order valence-corrected chi connectivity index (χ0v) is 10.1. The van der Waals surface area contributed by atoms with Crippen LogP contribution in [-0.4, -0.2) is 36.7 Å². The number of likely N-dealkylation sites (N-methyl/N-ethyl adjacent to an activating group) is 1. The van der Waals surface area contributed by atoms with Crippen molar-refractivity contribution in [2.45, 2.75) is 18.9 Å².